The lowest BCUT2D eigenvalue weighted by atomic mass is 10.6. The van der Waals surface area contributed by atoms with E-state index in [1.807, 2.05) is 0 Å². The summed E-state index contributed by atoms with van der Waals surface area (Å²) in [6, 6.07) is 0. The molecule has 0 fully saturated rings. The third kappa shape index (κ3) is 3.03. The maximum atomic E-state index is 5.45. The minimum absolute atomic E-state index is 0.229. The van der Waals surface area contributed by atoms with E-state index in [-0.39, 0.29) is 11.8 Å². The molecule has 0 N–H and O–H groups in total. The highest BCUT2D eigenvalue weighted by molar-refractivity contribution is 6.44. The Morgan fingerprint density at radius 3 is 1.25 bits per heavy atom. The SMILES string of the molecule is ClC/C(Cl)=C(\Cl)CCl. The molecule has 48 valence electrons. The maximum Gasteiger partial charge on any atom is 0.0594 e. The third-order valence-corrected chi connectivity index (χ3v) is 2.16. The Morgan fingerprint density at radius 2 is 1.12 bits per heavy atom. The molecule has 0 aromatic rings. The molecule has 0 heterocycles. The van der Waals surface area contributed by atoms with E-state index in [0.717, 1.165) is 0 Å². The minimum Gasteiger partial charge on any atom is -0.121 e. The molecular formula is C4H4Cl4. The molecule has 4 heteroatoms. The van der Waals surface area contributed by atoms with E-state index < -0.39 is 0 Å². The lowest BCUT2D eigenvalue weighted by Gasteiger charge is -1.91. The van der Waals surface area contributed by atoms with Gasteiger partial charge in [-0.25, -0.2) is 0 Å². The van der Waals surface area contributed by atoms with Crippen molar-refractivity contribution in [3.63, 3.8) is 0 Å². The highest BCUT2D eigenvalue weighted by Gasteiger charge is 1.96. The lowest BCUT2D eigenvalue weighted by molar-refractivity contribution is 1.55. The number of hydrogen-bond donors (Lipinski definition) is 0. The molecular weight excluding hydrogens is 190 g/mol. The quantitative estimate of drug-likeness (QED) is 0.592. The van der Waals surface area contributed by atoms with Crippen molar-refractivity contribution in [2.75, 3.05) is 11.8 Å². The Balaban J connectivity index is 3.83. The second-order valence-electron chi connectivity index (χ2n) is 1.08. The molecule has 0 atom stereocenters. The number of rotatable bonds is 2. The Bertz CT molecular complexity index is 84.2. The van der Waals surface area contributed by atoms with Gasteiger partial charge in [0.2, 0.25) is 0 Å². The molecule has 0 nitrogen and oxygen atoms in total. The van der Waals surface area contributed by atoms with Crippen molar-refractivity contribution in [2.45, 2.75) is 0 Å². The Morgan fingerprint density at radius 1 is 0.875 bits per heavy atom. The van der Waals surface area contributed by atoms with Gasteiger partial charge in [-0.1, -0.05) is 23.2 Å². The van der Waals surface area contributed by atoms with Crippen molar-refractivity contribution in [1.82, 2.24) is 0 Å². The first-order valence-corrected chi connectivity index (χ1v) is 3.69. The Hall–Kier alpha value is 0.900. The Kier molecular flexibility index (Phi) is 5.28. The van der Waals surface area contributed by atoms with Gasteiger partial charge in [0.1, 0.15) is 0 Å². The van der Waals surface area contributed by atoms with Crippen molar-refractivity contribution >= 4 is 46.4 Å². The molecule has 0 aliphatic carbocycles. The summed E-state index contributed by atoms with van der Waals surface area (Å²) in [6.07, 6.45) is 0. The molecule has 0 spiro atoms. The molecule has 0 unspecified atom stereocenters. The van der Waals surface area contributed by atoms with E-state index in [2.05, 4.69) is 0 Å². The van der Waals surface area contributed by atoms with Crippen LogP contribution in [0.5, 0.6) is 0 Å². The zero-order chi connectivity index (χ0) is 6.57. The first-order valence-electron chi connectivity index (χ1n) is 1.87. The van der Waals surface area contributed by atoms with Crippen LogP contribution < -0.4 is 0 Å². The van der Waals surface area contributed by atoms with E-state index in [0.29, 0.717) is 10.1 Å². The van der Waals surface area contributed by atoms with Gasteiger partial charge >= 0.3 is 0 Å². The topological polar surface area (TPSA) is 0 Å². The molecule has 0 aliphatic rings. The molecule has 0 radical (unpaired) electrons. The van der Waals surface area contributed by atoms with Crippen molar-refractivity contribution in [3.05, 3.63) is 10.1 Å². The fraction of sp³-hybridized carbons (Fsp3) is 0.500. The van der Waals surface area contributed by atoms with Crippen LogP contribution in [0.1, 0.15) is 0 Å². The molecule has 0 bridgehead atoms. The third-order valence-electron chi connectivity index (χ3n) is 0.529. The van der Waals surface area contributed by atoms with Gasteiger partial charge in [0, 0.05) is 10.1 Å². The van der Waals surface area contributed by atoms with Crippen LogP contribution in [0.3, 0.4) is 0 Å². The summed E-state index contributed by atoms with van der Waals surface area (Å²) in [7, 11) is 0. The summed E-state index contributed by atoms with van der Waals surface area (Å²) in [5.74, 6) is 0.459. The Labute approximate surface area is 68.4 Å². The summed E-state index contributed by atoms with van der Waals surface area (Å²) >= 11 is 21.5. The standard InChI is InChI=1S/C4H4Cl4/c5-1-3(7)4(8)2-6/h1-2H2/b4-3+. The second kappa shape index (κ2) is 4.75. The summed E-state index contributed by atoms with van der Waals surface area (Å²) in [4.78, 5) is 0. The monoisotopic (exact) mass is 192 g/mol. The van der Waals surface area contributed by atoms with Crippen LogP contribution in [0, 0.1) is 0 Å². The smallest absolute Gasteiger partial charge is 0.0594 e. The van der Waals surface area contributed by atoms with Gasteiger partial charge in [0.25, 0.3) is 0 Å². The zero-order valence-corrected chi connectivity index (χ0v) is 6.95. The second-order valence-corrected chi connectivity index (χ2v) is 2.52. The van der Waals surface area contributed by atoms with E-state index in [1.165, 1.54) is 0 Å². The van der Waals surface area contributed by atoms with Gasteiger partial charge < -0.3 is 0 Å². The fourth-order valence-electron chi connectivity index (χ4n) is 0.145. The van der Waals surface area contributed by atoms with Crippen LogP contribution in [-0.2, 0) is 0 Å². The summed E-state index contributed by atoms with van der Waals surface area (Å²) in [5, 5.41) is 0.840. The molecule has 0 aromatic carbocycles. The van der Waals surface area contributed by atoms with E-state index in [1.54, 1.807) is 0 Å². The van der Waals surface area contributed by atoms with Gasteiger partial charge in [-0.3, -0.25) is 0 Å². The molecule has 0 saturated carbocycles. The first kappa shape index (κ1) is 8.90. The van der Waals surface area contributed by atoms with Gasteiger partial charge in [0.05, 0.1) is 11.8 Å². The highest BCUT2D eigenvalue weighted by Crippen LogP contribution is 2.15. The minimum atomic E-state index is 0.229. The zero-order valence-electron chi connectivity index (χ0n) is 3.93. The number of hydrogen-bond acceptors (Lipinski definition) is 0. The first-order chi connectivity index (χ1) is 3.72. The number of halogens is 4. The number of allylic oxidation sites excluding steroid dienone is 2. The molecule has 8 heavy (non-hydrogen) atoms. The fourth-order valence-corrected chi connectivity index (χ4v) is 0.738. The van der Waals surface area contributed by atoms with Gasteiger partial charge in [-0.2, -0.15) is 0 Å². The van der Waals surface area contributed by atoms with Gasteiger partial charge in [-0.05, 0) is 0 Å². The molecule has 0 rings (SSSR count). The summed E-state index contributed by atoms with van der Waals surface area (Å²) in [5.41, 5.74) is 0. The highest BCUT2D eigenvalue weighted by atomic mass is 35.5. The number of alkyl halides is 2. The lowest BCUT2D eigenvalue weighted by Crippen LogP contribution is -1.79. The molecule has 0 aromatic heterocycles. The average Bonchev–Trinajstić information content (AvgIpc) is 1.84. The van der Waals surface area contributed by atoms with Crippen LogP contribution in [-0.4, -0.2) is 11.8 Å². The van der Waals surface area contributed by atoms with Gasteiger partial charge in [-0.15, -0.1) is 23.2 Å². The molecule has 0 saturated heterocycles. The largest absolute Gasteiger partial charge is 0.121 e. The van der Waals surface area contributed by atoms with Gasteiger partial charge in [0.15, 0.2) is 0 Å². The molecule has 0 amide bonds. The summed E-state index contributed by atoms with van der Waals surface area (Å²) in [6.45, 7) is 0. The van der Waals surface area contributed by atoms with Crippen molar-refractivity contribution in [2.24, 2.45) is 0 Å². The predicted octanol–water partition coefficient (Wildman–Crippen LogP) is 3.15. The van der Waals surface area contributed by atoms with Crippen molar-refractivity contribution in [1.29, 1.82) is 0 Å². The van der Waals surface area contributed by atoms with Crippen molar-refractivity contribution < 1.29 is 0 Å². The van der Waals surface area contributed by atoms with Crippen LogP contribution in [0.25, 0.3) is 0 Å². The summed E-state index contributed by atoms with van der Waals surface area (Å²) < 4.78 is 0. The normalized spacial score (nSPS) is 13.5. The van der Waals surface area contributed by atoms with E-state index in [4.69, 9.17) is 46.4 Å². The van der Waals surface area contributed by atoms with Crippen LogP contribution in [0.15, 0.2) is 10.1 Å². The molecule has 0 aliphatic heterocycles. The average molecular weight is 194 g/mol. The van der Waals surface area contributed by atoms with Crippen LogP contribution >= 0.6 is 46.4 Å². The van der Waals surface area contributed by atoms with Crippen LogP contribution in [0.2, 0.25) is 0 Å². The van der Waals surface area contributed by atoms with E-state index in [9.17, 15) is 0 Å². The van der Waals surface area contributed by atoms with Crippen LogP contribution in [0.4, 0.5) is 0 Å². The van der Waals surface area contributed by atoms with Crippen molar-refractivity contribution in [3.8, 4) is 0 Å². The van der Waals surface area contributed by atoms with E-state index >= 15 is 0 Å². The maximum absolute atomic E-state index is 5.45. The predicted molar refractivity (Wildman–Crippen MR) is 40.2 cm³/mol.